The summed E-state index contributed by atoms with van der Waals surface area (Å²) in [6, 6.07) is 3.57. The maximum Gasteiger partial charge on any atom is 0.204 e. The lowest BCUT2D eigenvalue weighted by atomic mass is 10.0. The lowest BCUT2D eigenvalue weighted by Crippen LogP contribution is -2.32. The predicted octanol–water partition coefficient (Wildman–Crippen LogP) is 4.02. The van der Waals surface area contributed by atoms with Crippen LogP contribution in [0, 0.1) is 0 Å². The third-order valence-corrected chi connectivity index (χ3v) is 3.95. The molecule has 0 bridgehead atoms. The molecule has 0 saturated heterocycles. The van der Waals surface area contributed by atoms with Crippen LogP contribution in [0.25, 0.3) is 5.03 Å². The van der Waals surface area contributed by atoms with E-state index in [1.54, 1.807) is 26.4 Å². The molecule has 0 radical (unpaired) electrons. The summed E-state index contributed by atoms with van der Waals surface area (Å²) in [6.45, 7) is 3.69. The van der Waals surface area contributed by atoms with Crippen molar-refractivity contribution in [1.29, 1.82) is 0 Å². The molecular formula is C13H14Cl2O3. The molecule has 1 aromatic rings. The zero-order valence-electron chi connectivity index (χ0n) is 10.6. The minimum absolute atomic E-state index is 0.476. The first-order valence-electron chi connectivity index (χ1n) is 5.42. The molecule has 18 heavy (non-hydrogen) atoms. The van der Waals surface area contributed by atoms with E-state index in [0.29, 0.717) is 32.9 Å². The van der Waals surface area contributed by atoms with Gasteiger partial charge >= 0.3 is 0 Å². The van der Waals surface area contributed by atoms with E-state index in [1.807, 2.05) is 13.8 Å². The van der Waals surface area contributed by atoms with E-state index in [9.17, 15) is 0 Å². The first-order chi connectivity index (χ1) is 8.42. The summed E-state index contributed by atoms with van der Waals surface area (Å²) in [7, 11) is 3.13. The Balaban J connectivity index is 2.71. The van der Waals surface area contributed by atoms with E-state index < -0.39 is 5.60 Å². The third kappa shape index (κ3) is 1.91. The lowest BCUT2D eigenvalue weighted by Gasteiger charge is -2.33. The minimum atomic E-state index is -0.689. The Labute approximate surface area is 116 Å². The second-order valence-electron chi connectivity index (χ2n) is 4.42. The van der Waals surface area contributed by atoms with E-state index in [-0.39, 0.29) is 0 Å². The van der Waals surface area contributed by atoms with Gasteiger partial charge in [-0.2, -0.15) is 0 Å². The van der Waals surface area contributed by atoms with E-state index in [4.69, 9.17) is 37.4 Å². The summed E-state index contributed by atoms with van der Waals surface area (Å²) in [4.78, 5) is 0. The van der Waals surface area contributed by atoms with Crippen molar-refractivity contribution in [2.24, 2.45) is 0 Å². The summed E-state index contributed by atoms with van der Waals surface area (Å²) in [5.74, 6) is 1.66. The molecule has 0 aromatic heterocycles. The van der Waals surface area contributed by atoms with Crippen LogP contribution in [0.2, 0.25) is 0 Å². The highest BCUT2D eigenvalue weighted by molar-refractivity contribution is 6.55. The van der Waals surface area contributed by atoms with Crippen LogP contribution in [0.4, 0.5) is 0 Å². The minimum Gasteiger partial charge on any atom is -0.493 e. The van der Waals surface area contributed by atoms with E-state index in [0.717, 1.165) is 0 Å². The van der Waals surface area contributed by atoms with Crippen molar-refractivity contribution in [3.63, 3.8) is 0 Å². The Hall–Kier alpha value is -1.06. The Morgan fingerprint density at radius 2 is 1.78 bits per heavy atom. The van der Waals surface area contributed by atoms with E-state index >= 15 is 0 Å². The topological polar surface area (TPSA) is 27.7 Å². The van der Waals surface area contributed by atoms with E-state index in [2.05, 4.69) is 0 Å². The van der Waals surface area contributed by atoms with Gasteiger partial charge in [-0.05, 0) is 26.0 Å². The van der Waals surface area contributed by atoms with Crippen molar-refractivity contribution in [3.8, 4) is 17.2 Å². The maximum atomic E-state index is 6.28. The fraction of sp³-hybridized carbons (Fsp3) is 0.385. The summed E-state index contributed by atoms with van der Waals surface area (Å²) >= 11 is 12.5. The van der Waals surface area contributed by atoms with Gasteiger partial charge in [0.2, 0.25) is 5.75 Å². The fourth-order valence-corrected chi connectivity index (χ4v) is 2.37. The first kappa shape index (κ1) is 13.4. The number of hydrogen-bond donors (Lipinski definition) is 0. The molecule has 0 spiro atoms. The Bertz CT molecular complexity index is 521. The quantitative estimate of drug-likeness (QED) is 0.823. The highest BCUT2D eigenvalue weighted by Crippen LogP contribution is 2.51. The van der Waals surface area contributed by atoms with Crippen LogP contribution < -0.4 is 14.2 Å². The van der Waals surface area contributed by atoms with Crippen LogP contribution in [0.15, 0.2) is 17.2 Å². The molecule has 0 atom stereocenters. The molecule has 1 aliphatic heterocycles. The van der Waals surface area contributed by atoms with Crippen LogP contribution in [0.3, 0.4) is 0 Å². The van der Waals surface area contributed by atoms with E-state index in [1.165, 1.54) is 0 Å². The highest BCUT2D eigenvalue weighted by atomic mass is 35.5. The lowest BCUT2D eigenvalue weighted by molar-refractivity contribution is 0.146. The normalized spacial score (nSPS) is 17.0. The Morgan fingerprint density at radius 1 is 1.11 bits per heavy atom. The van der Waals surface area contributed by atoms with Crippen LogP contribution in [0.1, 0.15) is 19.4 Å². The molecule has 3 nitrogen and oxygen atoms in total. The highest BCUT2D eigenvalue weighted by Gasteiger charge is 2.36. The van der Waals surface area contributed by atoms with Crippen molar-refractivity contribution < 1.29 is 14.2 Å². The molecular weight excluding hydrogens is 275 g/mol. The summed E-state index contributed by atoms with van der Waals surface area (Å²) in [5.41, 5.74) is 0.0179. The van der Waals surface area contributed by atoms with Gasteiger partial charge in [-0.25, -0.2) is 0 Å². The van der Waals surface area contributed by atoms with Crippen LogP contribution in [-0.4, -0.2) is 19.8 Å². The number of halogens is 2. The van der Waals surface area contributed by atoms with Gasteiger partial charge in [0.05, 0.1) is 24.3 Å². The summed E-state index contributed by atoms with van der Waals surface area (Å²) in [5, 5.41) is 0.952. The van der Waals surface area contributed by atoms with Gasteiger partial charge < -0.3 is 14.2 Å². The van der Waals surface area contributed by atoms with Gasteiger partial charge in [0, 0.05) is 5.56 Å². The molecule has 0 fully saturated rings. The number of rotatable bonds is 2. The summed E-state index contributed by atoms with van der Waals surface area (Å²) in [6.07, 6.45) is 0. The monoisotopic (exact) mass is 288 g/mol. The zero-order chi connectivity index (χ0) is 13.5. The fourth-order valence-electron chi connectivity index (χ4n) is 1.86. The third-order valence-electron chi connectivity index (χ3n) is 2.82. The molecule has 0 amide bonds. The molecule has 0 N–H and O–H groups in total. The van der Waals surface area contributed by atoms with Gasteiger partial charge in [-0.3, -0.25) is 0 Å². The second kappa shape index (κ2) is 4.56. The largest absolute Gasteiger partial charge is 0.493 e. The molecule has 5 heteroatoms. The predicted molar refractivity (Wildman–Crippen MR) is 72.9 cm³/mol. The van der Waals surface area contributed by atoms with Crippen LogP contribution in [0.5, 0.6) is 17.2 Å². The number of ether oxygens (including phenoxy) is 3. The molecule has 2 rings (SSSR count). The number of benzene rings is 1. The van der Waals surface area contributed by atoms with Crippen LogP contribution >= 0.6 is 23.2 Å². The molecule has 0 aliphatic carbocycles. The average Bonchev–Trinajstić information content (AvgIpc) is 2.34. The average molecular weight is 289 g/mol. The summed E-state index contributed by atoms with van der Waals surface area (Å²) < 4.78 is 16.5. The van der Waals surface area contributed by atoms with Gasteiger partial charge in [0.15, 0.2) is 11.5 Å². The van der Waals surface area contributed by atoms with Gasteiger partial charge in [-0.1, -0.05) is 23.2 Å². The SMILES string of the molecule is COc1ccc2c(c1OC)OC(C)(C)C(Cl)=C2Cl. The second-order valence-corrected chi connectivity index (χ2v) is 5.17. The molecule has 98 valence electrons. The van der Waals surface area contributed by atoms with Crippen molar-refractivity contribution in [2.45, 2.75) is 19.4 Å². The zero-order valence-corrected chi connectivity index (χ0v) is 12.1. The molecule has 1 aliphatic rings. The van der Waals surface area contributed by atoms with Gasteiger partial charge in [0.25, 0.3) is 0 Å². The molecule has 0 saturated carbocycles. The molecule has 0 unspecified atom stereocenters. The smallest absolute Gasteiger partial charge is 0.204 e. The van der Waals surface area contributed by atoms with Crippen molar-refractivity contribution >= 4 is 28.2 Å². The number of fused-ring (bicyclic) bond motifs is 1. The molecule has 1 aromatic carbocycles. The Kier molecular flexibility index (Phi) is 3.39. The molecule has 1 heterocycles. The maximum absolute atomic E-state index is 6.28. The first-order valence-corrected chi connectivity index (χ1v) is 6.18. The van der Waals surface area contributed by atoms with Gasteiger partial charge in [-0.15, -0.1) is 0 Å². The Morgan fingerprint density at radius 3 is 2.33 bits per heavy atom. The van der Waals surface area contributed by atoms with Crippen molar-refractivity contribution in [3.05, 3.63) is 22.7 Å². The number of methoxy groups -OCH3 is 2. The van der Waals surface area contributed by atoms with Crippen LogP contribution in [-0.2, 0) is 0 Å². The number of hydrogen-bond acceptors (Lipinski definition) is 3. The van der Waals surface area contributed by atoms with Crippen molar-refractivity contribution in [1.82, 2.24) is 0 Å². The van der Waals surface area contributed by atoms with Crippen molar-refractivity contribution in [2.75, 3.05) is 14.2 Å². The standard InChI is InChI=1S/C13H14Cl2O3/c1-13(2)12(15)9(14)7-5-6-8(16-3)11(17-4)10(7)18-13/h5-6H,1-4H3. The van der Waals surface area contributed by atoms with Gasteiger partial charge in [0.1, 0.15) is 5.60 Å².